The summed E-state index contributed by atoms with van der Waals surface area (Å²) in [7, 11) is 0. The van der Waals surface area contributed by atoms with Crippen LogP contribution in [0.2, 0.25) is 0 Å². The highest BCUT2D eigenvalue weighted by Crippen LogP contribution is 2.22. The zero-order valence-electron chi connectivity index (χ0n) is 16.2. The van der Waals surface area contributed by atoms with Gasteiger partial charge in [0.15, 0.2) is 11.9 Å². The van der Waals surface area contributed by atoms with Crippen LogP contribution in [0.4, 0.5) is 5.69 Å². The summed E-state index contributed by atoms with van der Waals surface area (Å²) in [5, 5.41) is 2.62. The number of anilines is 1. The molecule has 3 rings (SSSR count). The van der Waals surface area contributed by atoms with E-state index < -0.39 is 23.9 Å². The number of Topliss-reactive ketones (excluding diaryl/α,β-unsaturated/α-hetero) is 1. The van der Waals surface area contributed by atoms with Crippen LogP contribution in [0, 0.1) is 5.92 Å². The fourth-order valence-corrected chi connectivity index (χ4v) is 3.06. The third kappa shape index (κ3) is 5.10. The van der Waals surface area contributed by atoms with Crippen LogP contribution in [0.25, 0.3) is 0 Å². The molecular weight excluding hydrogens is 376 g/mol. The van der Waals surface area contributed by atoms with Gasteiger partial charge in [-0.3, -0.25) is 19.2 Å². The van der Waals surface area contributed by atoms with Crippen LogP contribution in [0.1, 0.15) is 36.4 Å². The first-order valence-corrected chi connectivity index (χ1v) is 9.26. The van der Waals surface area contributed by atoms with Gasteiger partial charge in [0.1, 0.15) is 5.76 Å². The van der Waals surface area contributed by atoms with Crippen LogP contribution in [-0.4, -0.2) is 41.1 Å². The van der Waals surface area contributed by atoms with Crippen molar-refractivity contribution >= 4 is 29.3 Å². The van der Waals surface area contributed by atoms with Gasteiger partial charge in [-0.1, -0.05) is 12.1 Å². The number of nitrogens with zero attached hydrogens (tertiary/aromatic N) is 1. The molecule has 1 saturated heterocycles. The van der Waals surface area contributed by atoms with Crippen molar-refractivity contribution in [3.05, 3.63) is 54.0 Å². The van der Waals surface area contributed by atoms with Crippen molar-refractivity contribution in [1.82, 2.24) is 4.90 Å². The maximum absolute atomic E-state index is 12.4. The molecule has 2 amide bonds. The standard InChI is InChI=1S/C21H22N2O6/c1-13(24)15-5-3-6-17(9-15)22-20(26)14(2)29-21(27)16-10-19(25)23(11-16)12-18-7-4-8-28-18/h3-9,14,16H,10-12H2,1-2H3,(H,22,26)/t14-,16-/m1/s1. The lowest BCUT2D eigenvalue weighted by Crippen LogP contribution is -2.33. The van der Waals surface area contributed by atoms with E-state index in [2.05, 4.69) is 5.32 Å². The van der Waals surface area contributed by atoms with Crippen LogP contribution in [-0.2, 0) is 25.7 Å². The maximum Gasteiger partial charge on any atom is 0.312 e. The number of ether oxygens (including phenoxy) is 1. The number of esters is 1. The number of ketones is 1. The first-order chi connectivity index (χ1) is 13.8. The van der Waals surface area contributed by atoms with E-state index in [-0.39, 0.29) is 31.2 Å². The average molecular weight is 398 g/mol. The van der Waals surface area contributed by atoms with E-state index in [0.717, 1.165) is 0 Å². The first-order valence-electron chi connectivity index (χ1n) is 9.26. The second-order valence-electron chi connectivity index (χ2n) is 6.96. The number of amides is 2. The molecule has 1 aromatic heterocycles. The van der Waals surface area contributed by atoms with Crippen molar-refractivity contribution in [1.29, 1.82) is 0 Å². The Hall–Kier alpha value is -3.42. The lowest BCUT2D eigenvalue weighted by Gasteiger charge is -2.17. The van der Waals surface area contributed by atoms with Crippen LogP contribution in [0.5, 0.6) is 0 Å². The topological polar surface area (TPSA) is 106 Å². The Balaban J connectivity index is 1.53. The van der Waals surface area contributed by atoms with Gasteiger partial charge >= 0.3 is 5.97 Å². The number of hydrogen-bond acceptors (Lipinski definition) is 6. The van der Waals surface area contributed by atoms with Crippen LogP contribution in [0.15, 0.2) is 47.1 Å². The number of rotatable bonds is 7. The van der Waals surface area contributed by atoms with Gasteiger partial charge in [-0.15, -0.1) is 0 Å². The van der Waals surface area contributed by atoms with E-state index in [4.69, 9.17) is 9.15 Å². The molecular formula is C21H22N2O6. The summed E-state index contributed by atoms with van der Waals surface area (Å²) < 4.78 is 10.5. The van der Waals surface area contributed by atoms with Crippen LogP contribution in [0.3, 0.4) is 0 Å². The molecule has 0 spiro atoms. The quantitative estimate of drug-likeness (QED) is 0.567. The molecule has 1 N–H and O–H groups in total. The van der Waals surface area contributed by atoms with Gasteiger partial charge in [-0.2, -0.15) is 0 Å². The smallest absolute Gasteiger partial charge is 0.312 e. The summed E-state index contributed by atoms with van der Waals surface area (Å²) in [6.45, 7) is 3.40. The minimum atomic E-state index is -1.04. The molecule has 152 valence electrons. The van der Waals surface area contributed by atoms with E-state index in [1.54, 1.807) is 36.4 Å². The Morgan fingerprint density at radius 2 is 2.07 bits per heavy atom. The summed E-state index contributed by atoms with van der Waals surface area (Å²) in [4.78, 5) is 49.8. The van der Waals surface area contributed by atoms with Crippen molar-refractivity contribution in [3.8, 4) is 0 Å². The lowest BCUT2D eigenvalue weighted by molar-refractivity contribution is -0.157. The summed E-state index contributed by atoms with van der Waals surface area (Å²) in [5.41, 5.74) is 0.903. The Kier molecular flexibility index (Phi) is 6.11. The van der Waals surface area contributed by atoms with Crippen LogP contribution < -0.4 is 5.32 Å². The first kappa shape index (κ1) is 20.3. The highest BCUT2D eigenvalue weighted by molar-refractivity contribution is 5.98. The molecule has 0 radical (unpaired) electrons. The molecule has 2 aromatic rings. The molecule has 8 heteroatoms. The molecule has 0 saturated carbocycles. The number of carbonyl (C=O) groups is 4. The highest BCUT2D eigenvalue weighted by Gasteiger charge is 2.36. The van der Waals surface area contributed by atoms with Gasteiger partial charge in [0.25, 0.3) is 5.91 Å². The third-order valence-electron chi connectivity index (χ3n) is 4.67. The molecule has 2 heterocycles. The SMILES string of the molecule is CC(=O)c1cccc(NC(=O)[C@@H](C)OC(=O)[C@@H]2CC(=O)N(Cc3ccco3)C2)c1. The van der Waals surface area contributed by atoms with E-state index in [0.29, 0.717) is 17.0 Å². The largest absolute Gasteiger partial charge is 0.467 e. The second kappa shape index (κ2) is 8.72. The zero-order valence-corrected chi connectivity index (χ0v) is 16.2. The second-order valence-corrected chi connectivity index (χ2v) is 6.96. The average Bonchev–Trinajstić information content (AvgIpc) is 3.32. The fourth-order valence-electron chi connectivity index (χ4n) is 3.06. The predicted octanol–water partition coefficient (Wildman–Crippen LogP) is 2.40. The lowest BCUT2D eigenvalue weighted by atomic mass is 10.1. The summed E-state index contributed by atoms with van der Waals surface area (Å²) in [6, 6.07) is 9.98. The molecule has 1 aliphatic heterocycles. The van der Waals surface area contributed by atoms with Crippen molar-refractivity contribution in [2.24, 2.45) is 5.92 Å². The van der Waals surface area contributed by atoms with E-state index >= 15 is 0 Å². The van der Waals surface area contributed by atoms with Gasteiger partial charge in [-0.25, -0.2) is 0 Å². The van der Waals surface area contributed by atoms with Gasteiger partial charge in [-0.05, 0) is 38.1 Å². The normalized spacial score (nSPS) is 17.1. The molecule has 0 bridgehead atoms. The Bertz CT molecular complexity index is 921. The monoisotopic (exact) mass is 398 g/mol. The van der Waals surface area contributed by atoms with Gasteiger partial charge in [0.2, 0.25) is 5.91 Å². The number of benzene rings is 1. The van der Waals surface area contributed by atoms with Crippen molar-refractivity contribution in [3.63, 3.8) is 0 Å². The third-order valence-corrected chi connectivity index (χ3v) is 4.67. The molecule has 1 aliphatic rings. The summed E-state index contributed by atoms with van der Waals surface area (Å²) >= 11 is 0. The Labute approximate surface area is 167 Å². The number of nitrogens with one attached hydrogen (secondary N) is 1. The number of carbonyl (C=O) groups excluding carboxylic acids is 4. The van der Waals surface area contributed by atoms with Crippen molar-refractivity contribution in [2.75, 3.05) is 11.9 Å². The summed E-state index contributed by atoms with van der Waals surface area (Å²) in [6.07, 6.45) is 0.514. The molecule has 1 fully saturated rings. The van der Waals surface area contributed by atoms with Crippen molar-refractivity contribution in [2.45, 2.75) is 32.9 Å². The predicted molar refractivity (Wildman–Crippen MR) is 103 cm³/mol. The maximum atomic E-state index is 12.4. The van der Waals surface area contributed by atoms with Crippen LogP contribution >= 0.6 is 0 Å². The molecule has 0 unspecified atom stereocenters. The molecule has 8 nitrogen and oxygen atoms in total. The molecule has 1 aromatic carbocycles. The van der Waals surface area contributed by atoms with E-state index in [9.17, 15) is 19.2 Å². The zero-order chi connectivity index (χ0) is 21.0. The Morgan fingerprint density at radius 3 is 2.76 bits per heavy atom. The number of hydrogen-bond donors (Lipinski definition) is 1. The molecule has 29 heavy (non-hydrogen) atoms. The van der Waals surface area contributed by atoms with Gasteiger partial charge in [0, 0.05) is 24.2 Å². The van der Waals surface area contributed by atoms with Gasteiger partial charge in [0.05, 0.1) is 18.7 Å². The van der Waals surface area contributed by atoms with Gasteiger partial charge < -0.3 is 19.4 Å². The van der Waals surface area contributed by atoms with E-state index in [1.165, 1.54) is 25.0 Å². The van der Waals surface area contributed by atoms with E-state index in [1.807, 2.05) is 0 Å². The molecule has 2 atom stereocenters. The minimum absolute atomic E-state index is 0.0362. The number of furan rings is 1. The highest BCUT2D eigenvalue weighted by atomic mass is 16.5. The van der Waals surface area contributed by atoms with Crippen molar-refractivity contribution < 1.29 is 28.3 Å². The molecule has 0 aliphatic carbocycles. The Morgan fingerprint density at radius 1 is 1.28 bits per heavy atom. The summed E-state index contributed by atoms with van der Waals surface area (Å²) in [5.74, 6) is -1.40. The minimum Gasteiger partial charge on any atom is -0.467 e. The fraction of sp³-hybridized carbons (Fsp3) is 0.333. The number of likely N-dealkylation sites (tertiary alicyclic amines) is 1.